The largest absolute Gasteiger partial charge is 0.481 e. The number of esters is 4. The van der Waals surface area contributed by atoms with Gasteiger partial charge in [-0.15, -0.1) is 0 Å². The highest BCUT2D eigenvalue weighted by molar-refractivity contribution is 6.04. The topological polar surface area (TPSA) is 161 Å². The zero-order valence-corrected chi connectivity index (χ0v) is 19.6. The van der Waals surface area contributed by atoms with E-state index in [1.807, 2.05) is 0 Å². The lowest BCUT2D eigenvalue weighted by Crippen LogP contribution is -2.11. The van der Waals surface area contributed by atoms with Gasteiger partial charge in [-0.1, -0.05) is 51.4 Å². The molecule has 10 nitrogen and oxygen atoms in total. The second-order valence-electron chi connectivity index (χ2n) is 7.95. The quantitative estimate of drug-likeness (QED) is 0.165. The molecule has 0 spiro atoms. The fourth-order valence-corrected chi connectivity index (χ4v) is 3.04. The number of rotatable bonds is 18. The van der Waals surface area contributed by atoms with E-state index in [4.69, 9.17) is 14.9 Å². The van der Waals surface area contributed by atoms with E-state index in [0.717, 1.165) is 63.5 Å². The van der Waals surface area contributed by atoms with Crippen LogP contribution in [0, 0.1) is 0 Å². The van der Waals surface area contributed by atoms with E-state index in [0.29, 0.717) is 25.7 Å². The highest BCUT2D eigenvalue weighted by atomic mass is 16.6. The van der Waals surface area contributed by atoms with Crippen molar-refractivity contribution in [2.24, 2.45) is 0 Å². The van der Waals surface area contributed by atoms with Crippen molar-refractivity contribution in [3.8, 4) is 0 Å². The molecule has 0 fully saturated rings. The molecule has 0 bridgehead atoms. The van der Waals surface area contributed by atoms with Gasteiger partial charge in [0.25, 0.3) is 0 Å². The van der Waals surface area contributed by atoms with Gasteiger partial charge in [-0.3, -0.25) is 19.2 Å². The van der Waals surface area contributed by atoms with E-state index in [9.17, 15) is 28.8 Å². The minimum atomic E-state index is -0.766. The molecule has 0 amide bonds. The summed E-state index contributed by atoms with van der Waals surface area (Å²) < 4.78 is 8.76. The number of hydrogen-bond acceptors (Lipinski definition) is 8. The number of carbonyl (C=O) groups is 6. The van der Waals surface area contributed by atoms with E-state index in [2.05, 4.69) is 4.74 Å². The Bertz CT molecular complexity index is 640. The fraction of sp³-hybridized carbons (Fsp3) is 0.667. The van der Waals surface area contributed by atoms with Crippen LogP contribution in [0.4, 0.5) is 0 Å². The van der Waals surface area contributed by atoms with Crippen LogP contribution in [0.15, 0.2) is 12.2 Å². The molecule has 2 N–H and O–H groups in total. The molecule has 0 aromatic carbocycles. The molecule has 192 valence electrons. The van der Waals surface area contributed by atoms with Gasteiger partial charge in [-0.2, -0.15) is 0 Å². The van der Waals surface area contributed by atoms with Gasteiger partial charge >= 0.3 is 35.8 Å². The maximum atomic E-state index is 11.6. The standard InChI is InChI=1S/C20H34O7.C4H2O3/c21-17(22)13-9-5-1-3-7-11-15-19(25)27-20(26)16-12-8-4-2-6-10-14-18(23)24;5-3-1-2-4(6)7-3/h1-16H2,(H,21,22)(H,23,24);1-2H. The van der Waals surface area contributed by atoms with Crippen molar-refractivity contribution in [2.45, 2.75) is 103 Å². The van der Waals surface area contributed by atoms with Gasteiger partial charge in [0.05, 0.1) is 0 Å². The lowest BCUT2D eigenvalue weighted by atomic mass is 10.1. The average Bonchev–Trinajstić information content (AvgIpc) is 3.14. The number of carbonyl (C=O) groups excluding carboxylic acids is 4. The number of ether oxygens (including phenoxy) is 2. The van der Waals surface area contributed by atoms with Crippen molar-refractivity contribution in [3.05, 3.63) is 12.2 Å². The lowest BCUT2D eigenvalue weighted by Gasteiger charge is -2.04. The SMILES string of the molecule is O=C(O)CCCCCCCCC(=O)OC(=O)CCCCCCCCC(=O)O.O=C1C=CC(=O)O1. The first kappa shape index (κ1) is 31.0. The smallest absolute Gasteiger partial charge is 0.338 e. The average molecular weight is 485 g/mol. The molecule has 0 saturated heterocycles. The molecule has 34 heavy (non-hydrogen) atoms. The monoisotopic (exact) mass is 484 g/mol. The number of hydrogen-bond donors (Lipinski definition) is 2. The maximum absolute atomic E-state index is 11.6. The molecule has 0 atom stereocenters. The van der Waals surface area contributed by atoms with Crippen molar-refractivity contribution >= 4 is 35.8 Å². The van der Waals surface area contributed by atoms with E-state index < -0.39 is 35.8 Å². The zero-order chi connectivity index (χ0) is 25.6. The van der Waals surface area contributed by atoms with Gasteiger partial charge in [0.15, 0.2) is 0 Å². The third-order valence-corrected chi connectivity index (χ3v) is 4.83. The summed E-state index contributed by atoms with van der Waals surface area (Å²) in [5.74, 6) is -3.63. The van der Waals surface area contributed by atoms with Crippen LogP contribution in [-0.4, -0.2) is 46.0 Å². The Morgan fingerprint density at radius 2 is 0.853 bits per heavy atom. The summed E-state index contributed by atoms with van der Waals surface area (Å²) in [6.07, 6.45) is 13.1. The molecule has 0 aromatic heterocycles. The van der Waals surface area contributed by atoms with Crippen LogP contribution >= 0.6 is 0 Å². The molecular formula is C24H36O10. The number of carboxylic acids is 2. The van der Waals surface area contributed by atoms with Crippen LogP contribution in [-0.2, 0) is 38.2 Å². The minimum absolute atomic E-state index is 0.208. The first-order chi connectivity index (χ1) is 16.2. The summed E-state index contributed by atoms with van der Waals surface area (Å²) >= 11 is 0. The van der Waals surface area contributed by atoms with Crippen molar-refractivity contribution in [3.63, 3.8) is 0 Å². The second kappa shape index (κ2) is 20.6. The van der Waals surface area contributed by atoms with Gasteiger partial charge in [0.1, 0.15) is 0 Å². The van der Waals surface area contributed by atoms with Gasteiger partial charge < -0.3 is 19.7 Å². The minimum Gasteiger partial charge on any atom is -0.481 e. The van der Waals surface area contributed by atoms with Gasteiger partial charge in [-0.05, 0) is 25.7 Å². The molecule has 0 radical (unpaired) electrons. The zero-order valence-electron chi connectivity index (χ0n) is 19.6. The van der Waals surface area contributed by atoms with Crippen LogP contribution in [0.1, 0.15) is 103 Å². The summed E-state index contributed by atoms with van der Waals surface area (Å²) in [6.45, 7) is 0. The number of aliphatic carboxylic acids is 2. The van der Waals surface area contributed by atoms with E-state index in [1.54, 1.807) is 0 Å². The Kier molecular flexibility index (Phi) is 18.7. The molecular weight excluding hydrogens is 448 g/mol. The van der Waals surface area contributed by atoms with Crippen LogP contribution in [0.3, 0.4) is 0 Å². The Morgan fingerprint density at radius 3 is 1.12 bits per heavy atom. The van der Waals surface area contributed by atoms with Gasteiger partial charge in [0, 0.05) is 37.8 Å². The lowest BCUT2D eigenvalue weighted by molar-refractivity contribution is -0.160. The number of carboxylic acid groups (broad SMARTS) is 2. The van der Waals surface area contributed by atoms with Crippen molar-refractivity contribution < 1.29 is 48.5 Å². The molecule has 1 heterocycles. The first-order valence-corrected chi connectivity index (χ1v) is 11.8. The highest BCUT2D eigenvalue weighted by Crippen LogP contribution is 2.11. The number of cyclic esters (lactones) is 2. The molecule has 0 saturated carbocycles. The molecule has 0 aromatic rings. The van der Waals surface area contributed by atoms with Crippen LogP contribution < -0.4 is 0 Å². The van der Waals surface area contributed by atoms with E-state index in [1.165, 1.54) is 0 Å². The molecule has 0 unspecified atom stereocenters. The second-order valence-corrected chi connectivity index (χ2v) is 7.95. The molecule has 1 aliphatic rings. The molecule has 1 aliphatic heterocycles. The normalized spacial score (nSPS) is 12.0. The summed E-state index contributed by atoms with van der Waals surface area (Å²) in [4.78, 5) is 63.7. The fourth-order valence-electron chi connectivity index (χ4n) is 3.04. The number of unbranched alkanes of at least 4 members (excludes halogenated alkanes) is 10. The summed E-state index contributed by atoms with van der Waals surface area (Å²) in [7, 11) is 0. The third-order valence-electron chi connectivity index (χ3n) is 4.83. The Morgan fingerprint density at radius 1 is 0.559 bits per heavy atom. The Balaban J connectivity index is 0.00000131. The van der Waals surface area contributed by atoms with Crippen molar-refractivity contribution in [1.29, 1.82) is 0 Å². The van der Waals surface area contributed by atoms with Crippen molar-refractivity contribution in [1.82, 2.24) is 0 Å². The summed E-state index contributed by atoms with van der Waals surface area (Å²) in [5.41, 5.74) is 0. The summed E-state index contributed by atoms with van der Waals surface area (Å²) in [5, 5.41) is 17.0. The third kappa shape index (κ3) is 22.2. The van der Waals surface area contributed by atoms with Gasteiger partial charge in [0.2, 0.25) is 0 Å². The van der Waals surface area contributed by atoms with Crippen LogP contribution in [0.5, 0.6) is 0 Å². The van der Waals surface area contributed by atoms with Crippen molar-refractivity contribution in [2.75, 3.05) is 0 Å². The molecule has 1 rings (SSSR count). The van der Waals surface area contributed by atoms with E-state index in [-0.39, 0.29) is 25.7 Å². The first-order valence-electron chi connectivity index (χ1n) is 11.8. The Labute approximate surface area is 199 Å². The molecule has 10 heteroatoms. The van der Waals surface area contributed by atoms with Crippen LogP contribution in [0.2, 0.25) is 0 Å². The maximum Gasteiger partial charge on any atom is 0.338 e. The highest BCUT2D eigenvalue weighted by Gasteiger charge is 2.11. The predicted octanol–water partition coefficient (Wildman–Crippen LogP) is 4.09. The summed E-state index contributed by atoms with van der Waals surface area (Å²) in [6, 6.07) is 0. The van der Waals surface area contributed by atoms with Gasteiger partial charge in [-0.25, -0.2) is 9.59 Å². The van der Waals surface area contributed by atoms with Crippen LogP contribution in [0.25, 0.3) is 0 Å². The molecule has 0 aliphatic carbocycles. The predicted molar refractivity (Wildman–Crippen MR) is 120 cm³/mol. The van der Waals surface area contributed by atoms with E-state index >= 15 is 0 Å². The Hall–Kier alpha value is -3.04.